The molecule has 1 aliphatic rings. The number of hydrogen-bond donors (Lipinski definition) is 1. The van der Waals surface area contributed by atoms with Crippen molar-refractivity contribution in [2.75, 3.05) is 17.8 Å². The van der Waals surface area contributed by atoms with E-state index in [4.69, 9.17) is 0 Å². The van der Waals surface area contributed by atoms with Crippen molar-refractivity contribution >= 4 is 21.6 Å². The molecular weight excluding hydrogens is 355 g/mol. The number of sulfonamides is 1. The third-order valence-electron chi connectivity index (χ3n) is 4.46. The number of aryl methyl sites for hydroxylation is 1. The van der Waals surface area contributed by atoms with Crippen molar-refractivity contribution < 1.29 is 17.6 Å². The third kappa shape index (κ3) is 4.04. The average Bonchev–Trinajstić information content (AvgIpc) is 2.64. The normalized spacial score (nSPS) is 14.9. The summed E-state index contributed by atoms with van der Waals surface area (Å²) in [6, 6.07) is 10.1. The molecule has 0 unspecified atom stereocenters. The monoisotopic (exact) mass is 376 g/mol. The van der Waals surface area contributed by atoms with Crippen molar-refractivity contribution in [2.45, 2.75) is 31.1 Å². The van der Waals surface area contributed by atoms with E-state index >= 15 is 0 Å². The number of carbonyl (C=O) groups is 1. The zero-order chi connectivity index (χ0) is 18.7. The number of piperidine rings is 1. The smallest absolute Gasteiger partial charge is 0.261 e. The summed E-state index contributed by atoms with van der Waals surface area (Å²) < 4.78 is 41.0. The van der Waals surface area contributed by atoms with Crippen LogP contribution in [0.3, 0.4) is 0 Å². The highest BCUT2D eigenvalue weighted by Gasteiger charge is 2.20. The first-order chi connectivity index (χ1) is 12.4. The molecule has 1 N–H and O–H groups in total. The van der Waals surface area contributed by atoms with Crippen molar-refractivity contribution in [3.05, 3.63) is 59.4 Å². The van der Waals surface area contributed by atoms with Crippen LogP contribution in [-0.2, 0) is 10.0 Å². The maximum Gasteiger partial charge on any atom is 0.261 e. The van der Waals surface area contributed by atoms with Crippen molar-refractivity contribution in [1.29, 1.82) is 0 Å². The molecule has 138 valence electrons. The Hall–Kier alpha value is -2.41. The molecule has 0 saturated carbocycles. The third-order valence-corrected chi connectivity index (χ3v) is 5.84. The van der Waals surface area contributed by atoms with Gasteiger partial charge in [-0.25, -0.2) is 12.8 Å². The Morgan fingerprint density at radius 3 is 2.50 bits per heavy atom. The molecule has 1 fully saturated rings. The van der Waals surface area contributed by atoms with E-state index in [0.717, 1.165) is 38.4 Å². The number of anilines is 1. The second kappa shape index (κ2) is 7.45. The molecule has 1 saturated heterocycles. The lowest BCUT2D eigenvalue weighted by Crippen LogP contribution is -2.35. The summed E-state index contributed by atoms with van der Waals surface area (Å²) in [7, 11) is -3.93. The highest BCUT2D eigenvalue weighted by molar-refractivity contribution is 7.92. The molecule has 2 aromatic carbocycles. The maximum atomic E-state index is 13.7. The summed E-state index contributed by atoms with van der Waals surface area (Å²) in [5.74, 6) is -0.686. The largest absolute Gasteiger partial charge is 0.339 e. The number of nitrogens with zero attached hydrogens (tertiary/aromatic N) is 1. The van der Waals surface area contributed by atoms with Gasteiger partial charge in [0, 0.05) is 24.3 Å². The minimum absolute atomic E-state index is 0.105. The van der Waals surface area contributed by atoms with Gasteiger partial charge >= 0.3 is 0 Å². The summed E-state index contributed by atoms with van der Waals surface area (Å²) in [5, 5.41) is 0. The van der Waals surface area contributed by atoms with E-state index in [9.17, 15) is 17.6 Å². The van der Waals surface area contributed by atoms with E-state index in [-0.39, 0.29) is 16.5 Å². The number of hydrogen-bond acceptors (Lipinski definition) is 3. The fourth-order valence-corrected chi connectivity index (χ4v) is 4.01. The van der Waals surface area contributed by atoms with Gasteiger partial charge in [0.05, 0.1) is 4.90 Å². The van der Waals surface area contributed by atoms with Crippen LogP contribution in [0.4, 0.5) is 10.1 Å². The number of halogens is 1. The van der Waals surface area contributed by atoms with Gasteiger partial charge in [0.15, 0.2) is 0 Å². The fraction of sp³-hybridized carbons (Fsp3) is 0.316. The summed E-state index contributed by atoms with van der Waals surface area (Å²) in [4.78, 5) is 14.2. The van der Waals surface area contributed by atoms with Crippen LogP contribution >= 0.6 is 0 Å². The Balaban J connectivity index is 1.81. The van der Waals surface area contributed by atoms with Gasteiger partial charge in [0.2, 0.25) is 0 Å². The maximum absolute atomic E-state index is 13.7. The quantitative estimate of drug-likeness (QED) is 0.887. The van der Waals surface area contributed by atoms with Crippen molar-refractivity contribution in [2.24, 2.45) is 0 Å². The van der Waals surface area contributed by atoms with Crippen LogP contribution in [0.15, 0.2) is 47.4 Å². The van der Waals surface area contributed by atoms with Gasteiger partial charge in [-0.2, -0.15) is 0 Å². The van der Waals surface area contributed by atoms with E-state index in [1.165, 1.54) is 18.2 Å². The number of benzene rings is 2. The molecule has 1 aliphatic heterocycles. The van der Waals surface area contributed by atoms with Crippen LogP contribution in [0.5, 0.6) is 0 Å². The van der Waals surface area contributed by atoms with Crippen molar-refractivity contribution in [3.63, 3.8) is 0 Å². The number of rotatable bonds is 4. The minimum atomic E-state index is -3.93. The lowest BCUT2D eigenvalue weighted by atomic mass is 10.1. The Labute approximate surface area is 152 Å². The van der Waals surface area contributed by atoms with Crippen molar-refractivity contribution in [3.8, 4) is 0 Å². The average molecular weight is 376 g/mol. The van der Waals surface area contributed by atoms with Gasteiger partial charge in [0.1, 0.15) is 5.82 Å². The first-order valence-electron chi connectivity index (χ1n) is 8.55. The molecule has 0 aliphatic carbocycles. The summed E-state index contributed by atoms with van der Waals surface area (Å²) in [5.41, 5.74) is 1.08. The lowest BCUT2D eigenvalue weighted by Gasteiger charge is -2.26. The SMILES string of the molecule is Cc1ccc(S(=O)(=O)Nc2cccc(C(=O)N3CCCCC3)c2)cc1F. The molecule has 1 heterocycles. The second-order valence-corrected chi connectivity index (χ2v) is 8.13. The number of likely N-dealkylation sites (tertiary alicyclic amines) is 1. The fourth-order valence-electron chi connectivity index (χ4n) is 2.95. The van der Waals surface area contributed by atoms with Crippen LogP contribution in [0.25, 0.3) is 0 Å². The number of carbonyl (C=O) groups excluding carboxylic acids is 1. The molecule has 0 aromatic heterocycles. The predicted octanol–water partition coefficient (Wildman–Crippen LogP) is 3.56. The van der Waals surface area contributed by atoms with Crippen LogP contribution in [0.1, 0.15) is 35.2 Å². The molecule has 5 nitrogen and oxygen atoms in total. The number of nitrogens with one attached hydrogen (secondary N) is 1. The van der Waals surface area contributed by atoms with Crippen LogP contribution in [0.2, 0.25) is 0 Å². The first-order valence-corrected chi connectivity index (χ1v) is 10.0. The van der Waals surface area contributed by atoms with Crippen LogP contribution < -0.4 is 4.72 Å². The van der Waals surface area contributed by atoms with Gasteiger partial charge in [-0.3, -0.25) is 9.52 Å². The molecular formula is C19H21FN2O3S. The van der Waals surface area contributed by atoms with E-state index < -0.39 is 15.8 Å². The second-order valence-electron chi connectivity index (χ2n) is 6.45. The van der Waals surface area contributed by atoms with E-state index in [1.807, 2.05) is 0 Å². The molecule has 0 atom stereocenters. The van der Waals surface area contributed by atoms with Crippen molar-refractivity contribution in [1.82, 2.24) is 4.90 Å². The van der Waals surface area contributed by atoms with Crippen LogP contribution in [0, 0.1) is 12.7 Å². The lowest BCUT2D eigenvalue weighted by molar-refractivity contribution is 0.0724. The highest BCUT2D eigenvalue weighted by atomic mass is 32.2. The standard InChI is InChI=1S/C19H21FN2O3S/c1-14-8-9-17(13-18(14)20)26(24,25)21-16-7-5-6-15(12-16)19(23)22-10-3-2-4-11-22/h5-9,12-13,21H,2-4,10-11H2,1H3. The first kappa shape index (κ1) is 18.4. The van der Waals surface area contributed by atoms with Gasteiger partial charge < -0.3 is 4.90 Å². The molecule has 1 amide bonds. The molecule has 3 rings (SSSR count). The Morgan fingerprint density at radius 2 is 1.81 bits per heavy atom. The van der Waals surface area contributed by atoms with E-state index in [0.29, 0.717) is 11.1 Å². The highest BCUT2D eigenvalue weighted by Crippen LogP contribution is 2.21. The topological polar surface area (TPSA) is 66.5 Å². The van der Waals surface area contributed by atoms with Crippen LogP contribution in [-0.4, -0.2) is 32.3 Å². The Morgan fingerprint density at radius 1 is 1.08 bits per heavy atom. The van der Waals surface area contributed by atoms with E-state index in [1.54, 1.807) is 30.0 Å². The Bertz CT molecular complexity index is 922. The summed E-state index contributed by atoms with van der Waals surface area (Å²) in [6.45, 7) is 3.00. The molecule has 0 spiro atoms. The molecule has 2 aromatic rings. The number of amides is 1. The summed E-state index contributed by atoms with van der Waals surface area (Å²) >= 11 is 0. The van der Waals surface area contributed by atoms with Gasteiger partial charge in [-0.1, -0.05) is 12.1 Å². The van der Waals surface area contributed by atoms with Gasteiger partial charge in [-0.15, -0.1) is 0 Å². The van der Waals surface area contributed by atoms with E-state index in [2.05, 4.69) is 4.72 Å². The molecule has 26 heavy (non-hydrogen) atoms. The molecule has 7 heteroatoms. The predicted molar refractivity (Wildman–Crippen MR) is 98.1 cm³/mol. The molecule has 0 bridgehead atoms. The van der Waals surface area contributed by atoms with Gasteiger partial charge in [0.25, 0.3) is 15.9 Å². The molecule has 0 radical (unpaired) electrons. The summed E-state index contributed by atoms with van der Waals surface area (Å²) in [6.07, 6.45) is 3.09. The zero-order valence-corrected chi connectivity index (χ0v) is 15.4. The minimum Gasteiger partial charge on any atom is -0.339 e. The zero-order valence-electron chi connectivity index (χ0n) is 14.5. The van der Waals surface area contributed by atoms with Gasteiger partial charge in [-0.05, 0) is 62.1 Å². The Kier molecular flexibility index (Phi) is 5.27.